The molecule has 0 atom stereocenters. The molecule has 2 N–H and O–H groups in total. The molecule has 0 aliphatic rings. The Balaban J connectivity index is 1.56. The summed E-state index contributed by atoms with van der Waals surface area (Å²) in [6.07, 6.45) is 3.77. The molecule has 142 valence electrons. The normalized spacial score (nSPS) is 11.4. The molecule has 0 aliphatic heterocycles. The van der Waals surface area contributed by atoms with Crippen molar-refractivity contribution in [2.75, 3.05) is 26.0 Å². The molecule has 0 radical (unpaired) electrons. The molecule has 0 unspecified atom stereocenters. The number of thiazole rings is 1. The van der Waals surface area contributed by atoms with Gasteiger partial charge in [0.2, 0.25) is 0 Å². The molecule has 3 aromatic rings. The Hall–Kier alpha value is -2.87. The maximum Gasteiger partial charge on any atom is 0.191 e. The SMILES string of the molecule is CN=C(NCc1csc(N(C)C)n1)NCc1ccccc1Cn1cccn1. The van der Waals surface area contributed by atoms with Crippen LogP contribution in [-0.2, 0) is 19.6 Å². The molecule has 0 amide bonds. The van der Waals surface area contributed by atoms with Crippen molar-refractivity contribution >= 4 is 22.4 Å². The molecule has 0 fully saturated rings. The smallest absolute Gasteiger partial charge is 0.191 e. The Morgan fingerprint density at radius 2 is 1.93 bits per heavy atom. The average molecular weight is 384 g/mol. The summed E-state index contributed by atoms with van der Waals surface area (Å²) < 4.78 is 1.93. The summed E-state index contributed by atoms with van der Waals surface area (Å²) in [6.45, 7) is 2.08. The monoisotopic (exact) mass is 383 g/mol. The molecule has 1 aromatic carbocycles. The van der Waals surface area contributed by atoms with E-state index in [0.717, 1.165) is 23.3 Å². The van der Waals surface area contributed by atoms with E-state index in [-0.39, 0.29) is 0 Å². The van der Waals surface area contributed by atoms with E-state index in [4.69, 9.17) is 0 Å². The van der Waals surface area contributed by atoms with E-state index < -0.39 is 0 Å². The van der Waals surface area contributed by atoms with Gasteiger partial charge in [-0.15, -0.1) is 11.3 Å². The van der Waals surface area contributed by atoms with Crippen LogP contribution >= 0.6 is 11.3 Å². The van der Waals surface area contributed by atoms with E-state index in [0.29, 0.717) is 13.1 Å². The lowest BCUT2D eigenvalue weighted by atomic mass is 10.1. The van der Waals surface area contributed by atoms with Gasteiger partial charge in [-0.05, 0) is 17.2 Å². The molecular weight excluding hydrogens is 358 g/mol. The zero-order valence-corrected chi connectivity index (χ0v) is 16.7. The molecule has 0 saturated heterocycles. The van der Waals surface area contributed by atoms with Crippen LogP contribution in [0.25, 0.3) is 0 Å². The summed E-state index contributed by atoms with van der Waals surface area (Å²) in [6, 6.07) is 10.3. The van der Waals surface area contributed by atoms with Crippen LogP contribution in [0.2, 0.25) is 0 Å². The molecule has 2 heterocycles. The number of guanidine groups is 1. The standard InChI is InChI=1S/C19H25N7S/c1-20-18(22-12-17-14-27-19(24-17)25(2)3)21-11-15-7-4-5-8-16(15)13-26-10-6-9-23-26/h4-10,14H,11-13H2,1-3H3,(H2,20,21,22). The zero-order valence-electron chi connectivity index (χ0n) is 15.9. The van der Waals surface area contributed by atoms with Gasteiger partial charge in [-0.1, -0.05) is 24.3 Å². The number of benzene rings is 1. The number of nitrogens with one attached hydrogen (secondary N) is 2. The third-order valence-corrected chi connectivity index (χ3v) is 5.10. The second-order valence-electron chi connectivity index (χ2n) is 6.27. The third kappa shape index (κ3) is 5.30. The Bertz CT molecular complexity index is 868. The van der Waals surface area contributed by atoms with Gasteiger partial charge in [0.25, 0.3) is 0 Å². The van der Waals surface area contributed by atoms with E-state index in [1.54, 1.807) is 24.6 Å². The first-order valence-electron chi connectivity index (χ1n) is 8.76. The molecule has 3 rings (SSSR count). The van der Waals surface area contributed by atoms with Gasteiger partial charge >= 0.3 is 0 Å². The highest BCUT2D eigenvalue weighted by Crippen LogP contribution is 2.17. The highest BCUT2D eigenvalue weighted by atomic mass is 32.1. The van der Waals surface area contributed by atoms with Crippen LogP contribution in [0, 0.1) is 0 Å². The fourth-order valence-electron chi connectivity index (χ4n) is 2.61. The number of anilines is 1. The van der Waals surface area contributed by atoms with Gasteiger partial charge in [-0.25, -0.2) is 4.98 Å². The Labute approximate surface area is 163 Å². The summed E-state index contributed by atoms with van der Waals surface area (Å²) in [4.78, 5) is 10.9. The highest BCUT2D eigenvalue weighted by molar-refractivity contribution is 7.13. The quantitative estimate of drug-likeness (QED) is 0.484. The lowest BCUT2D eigenvalue weighted by Gasteiger charge is -2.14. The van der Waals surface area contributed by atoms with Crippen molar-refractivity contribution in [3.63, 3.8) is 0 Å². The summed E-state index contributed by atoms with van der Waals surface area (Å²) in [7, 11) is 5.77. The molecular formula is C19H25N7S. The number of rotatable bonds is 7. The maximum absolute atomic E-state index is 4.58. The average Bonchev–Trinajstić information content (AvgIpc) is 3.35. The van der Waals surface area contributed by atoms with Crippen molar-refractivity contribution in [3.05, 3.63) is 64.9 Å². The Morgan fingerprint density at radius 1 is 1.15 bits per heavy atom. The fourth-order valence-corrected chi connectivity index (χ4v) is 3.37. The molecule has 8 heteroatoms. The van der Waals surface area contributed by atoms with E-state index in [9.17, 15) is 0 Å². The van der Waals surface area contributed by atoms with E-state index >= 15 is 0 Å². The van der Waals surface area contributed by atoms with Crippen LogP contribution < -0.4 is 15.5 Å². The summed E-state index contributed by atoms with van der Waals surface area (Å²) in [5.41, 5.74) is 3.46. The summed E-state index contributed by atoms with van der Waals surface area (Å²) in [5, 5.41) is 14.1. The van der Waals surface area contributed by atoms with Gasteiger partial charge in [0.15, 0.2) is 11.1 Å². The minimum Gasteiger partial charge on any atom is -0.354 e. The number of nitrogens with zero attached hydrogens (tertiary/aromatic N) is 5. The molecule has 2 aromatic heterocycles. The van der Waals surface area contributed by atoms with E-state index in [1.807, 2.05) is 35.9 Å². The van der Waals surface area contributed by atoms with Gasteiger partial charge in [0, 0.05) is 45.5 Å². The maximum atomic E-state index is 4.58. The molecule has 7 nitrogen and oxygen atoms in total. The fraction of sp³-hybridized carbons (Fsp3) is 0.316. The van der Waals surface area contributed by atoms with Gasteiger partial charge < -0.3 is 15.5 Å². The van der Waals surface area contributed by atoms with Gasteiger partial charge in [-0.3, -0.25) is 9.67 Å². The number of aliphatic imine (C=N–C) groups is 1. The van der Waals surface area contributed by atoms with Crippen molar-refractivity contribution in [1.82, 2.24) is 25.4 Å². The summed E-state index contributed by atoms with van der Waals surface area (Å²) >= 11 is 1.64. The lowest BCUT2D eigenvalue weighted by molar-refractivity contribution is 0.677. The first-order valence-corrected chi connectivity index (χ1v) is 9.64. The summed E-state index contributed by atoms with van der Waals surface area (Å²) in [5.74, 6) is 0.753. The Morgan fingerprint density at radius 3 is 2.59 bits per heavy atom. The van der Waals surface area contributed by atoms with Crippen molar-refractivity contribution < 1.29 is 0 Å². The number of aromatic nitrogens is 3. The van der Waals surface area contributed by atoms with Crippen LogP contribution in [0.3, 0.4) is 0 Å². The lowest BCUT2D eigenvalue weighted by Crippen LogP contribution is -2.36. The van der Waals surface area contributed by atoms with Crippen LogP contribution in [-0.4, -0.2) is 41.9 Å². The van der Waals surface area contributed by atoms with Crippen LogP contribution in [0.5, 0.6) is 0 Å². The Kier molecular flexibility index (Phi) is 6.43. The number of hydrogen-bond acceptors (Lipinski definition) is 5. The topological polar surface area (TPSA) is 70.4 Å². The second-order valence-corrected chi connectivity index (χ2v) is 7.10. The van der Waals surface area contributed by atoms with Crippen molar-refractivity contribution in [2.45, 2.75) is 19.6 Å². The first-order chi connectivity index (χ1) is 13.2. The van der Waals surface area contributed by atoms with Crippen molar-refractivity contribution in [1.29, 1.82) is 0 Å². The minimum absolute atomic E-state index is 0.638. The predicted octanol–water partition coefficient (Wildman–Crippen LogP) is 2.32. The second kappa shape index (κ2) is 9.18. The van der Waals surface area contributed by atoms with Crippen molar-refractivity contribution in [2.24, 2.45) is 4.99 Å². The van der Waals surface area contributed by atoms with Crippen LogP contribution in [0.15, 0.2) is 53.1 Å². The molecule has 0 saturated carbocycles. The van der Waals surface area contributed by atoms with Crippen molar-refractivity contribution in [3.8, 4) is 0 Å². The minimum atomic E-state index is 0.638. The first kappa shape index (κ1) is 18.9. The van der Waals surface area contributed by atoms with Gasteiger partial charge in [-0.2, -0.15) is 5.10 Å². The van der Waals surface area contributed by atoms with Gasteiger partial charge in [0.1, 0.15) is 0 Å². The third-order valence-electron chi connectivity index (χ3n) is 4.04. The van der Waals surface area contributed by atoms with Gasteiger partial charge in [0.05, 0.1) is 18.8 Å². The predicted molar refractivity (Wildman–Crippen MR) is 111 cm³/mol. The molecule has 0 bridgehead atoms. The molecule has 27 heavy (non-hydrogen) atoms. The zero-order chi connectivity index (χ0) is 19.1. The van der Waals surface area contributed by atoms with Crippen LogP contribution in [0.4, 0.5) is 5.13 Å². The van der Waals surface area contributed by atoms with E-state index in [2.05, 4.69) is 55.4 Å². The molecule has 0 spiro atoms. The van der Waals surface area contributed by atoms with E-state index in [1.165, 1.54) is 11.1 Å². The van der Waals surface area contributed by atoms with Crippen LogP contribution in [0.1, 0.15) is 16.8 Å². The highest BCUT2D eigenvalue weighted by Gasteiger charge is 2.07. The largest absolute Gasteiger partial charge is 0.354 e. The molecule has 0 aliphatic carbocycles. The number of hydrogen-bond donors (Lipinski definition) is 2.